The van der Waals surface area contributed by atoms with Gasteiger partial charge in [0.1, 0.15) is 5.52 Å². The van der Waals surface area contributed by atoms with Crippen molar-refractivity contribution in [3.63, 3.8) is 0 Å². The number of alkyl halides is 3. The summed E-state index contributed by atoms with van der Waals surface area (Å²) in [6.45, 7) is 8.78. The highest BCUT2D eigenvalue weighted by Crippen LogP contribution is 2.44. The summed E-state index contributed by atoms with van der Waals surface area (Å²) in [5.74, 6) is -0.878. The van der Waals surface area contributed by atoms with Crippen LogP contribution in [0.25, 0.3) is 11.1 Å². The Morgan fingerprint density at radius 2 is 1.66 bits per heavy atom. The van der Waals surface area contributed by atoms with E-state index in [4.69, 9.17) is 13.7 Å². The summed E-state index contributed by atoms with van der Waals surface area (Å²) in [7, 11) is -1.02. The molecular formula is C19H23BF3NO5. The number of nitrogens with zero attached hydrogens (tertiary/aromatic N) is 1. The third-order valence-corrected chi connectivity index (χ3v) is 6.28. The maximum atomic E-state index is 13.9. The van der Waals surface area contributed by atoms with Crippen LogP contribution in [0, 0.1) is 0 Å². The van der Waals surface area contributed by atoms with Gasteiger partial charge in [0.25, 0.3) is 0 Å². The molecule has 0 bridgehead atoms. The van der Waals surface area contributed by atoms with Crippen LogP contribution < -0.4 is 11.2 Å². The van der Waals surface area contributed by atoms with Gasteiger partial charge in [-0.2, -0.15) is 13.2 Å². The molecule has 6 nitrogen and oxygen atoms in total. The van der Waals surface area contributed by atoms with Gasteiger partial charge >= 0.3 is 19.1 Å². The van der Waals surface area contributed by atoms with Crippen molar-refractivity contribution < 1.29 is 32.0 Å². The van der Waals surface area contributed by atoms with Crippen LogP contribution in [0.5, 0.6) is 0 Å². The predicted molar refractivity (Wildman–Crippen MR) is 100 cm³/mol. The number of halogens is 3. The highest BCUT2D eigenvalue weighted by atomic mass is 19.4. The molecular weight excluding hydrogens is 390 g/mol. The fraction of sp³-hybridized carbons (Fsp3) is 0.632. The molecule has 0 atom stereocenters. The molecule has 10 heteroatoms. The van der Waals surface area contributed by atoms with E-state index in [9.17, 15) is 23.1 Å². The molecule has 1 aliphatic heterocycles. The molecule has 1 aliphatic carbocycles. The van der Waals surface area contributed by atoms with Crippen molar-refractivity contribution in [2.75, 3.05) is 0 Å². The second-order valence-electron chi connectivity index (χ2n) is 9.30. The zero-order chi connectivity index (χ0) is 21.6. The van der Waals surface area contributed by atoms with Crippen LogP contribution in [-0.4, -0.2) is 33.6 Å². The van der Waals surface area contributed by atoms with E-state index in [1.165, 1.54) is 6.07 Å². The Hall–Kier alpha value is -1.78. The smallest absolute Gasteiger partial charge is 0.408 e. The largest absolute Gasteiger partial charge is 0.494 e. The molecule has 2 aromatic rings. The Morgan fingerprint density at radius 1 is 1.10 bits per heavy atom. The highest BCUT2D eigenvalue weighted by Gasteiger charge is 2.52. The van der Waals surface area contributed by atoms with Crippen LogP contribution >= 0.6 is 0 Å². The van der Waals surface area contributed by atoms with Crippen LogP contribution in [0.2, 0.25) is 0 Å². The summed E-state index contributed by atoms with van der Waals surface area (Å²) in [6, 6.07) is 1.76. The summed E-state index contributed by atoms with van der Waals surface area (Å²) in [6.07, 6.45) is -4.36. The summed E-state index contributed by atoms with van der Waals surface area (Å²) in [4.78, 5) is 12.4. The molecule has 158 valence electrons. The zero-order valence-electron chi connectivity index (χ0n) is 16.9. The van der Waals surface area contributed by atoms with Gasteiger partial charge in [0, 0.05) is 6.04 Å². The molecule has 2 heterocycles. The molecule has 1 saturated carbocycles. The van der Waals surface area contributed by atoms with Gasteiger partial charge in [-0.3, -0.25) is 4.57 Å². The van der Waals surface area contributed by atoms with Crippen LogP contribution in [0.4, 0.5) is 13.2 Å². The lowest BCUT2D eigenvalue weighted by molar-refractivity contribution is -0.136. The van der Waals surface area contributed by atoms with Crippen molar-refractivity contribution in [3.05, 3.63) is 28.2 Å². The van der Waals surface area contributed by atoms with Crippen molar-refractivity contribution in [2.24, 2.45) is 0 Å². The monoisotopic (exact) mass is 413 g/mol. The Bertz CT molecular complexity index is 1010. The fourth-order valence-corrected chi connectivity index (χ4v) is 3.99. The minimum atomic E-state index is -4.72. The van der Waals surface area contributed by atoms with Crippen LogP contribution in [0.3, 0.4) is 0 Å². The molecule has 29 heavy (non-hydrogen) atoms. The van der Waals surface area contributed by atoms with Gasteiger partial charge in [0.2, 0.25) is 0 Å². The number of hydrogen-bond acceptors (Lipinski definition) is 5. The lowest BCUT2D eigenvalue weighted by atomic mass is 9.76. The van der Waals surface area contributed by atoms with Gasteiger partial charge in [0.15, 0.2) is 5.58 Å². The van der Waals surface area contributed by atoms with Gasteiger partial charge in [-0.25, -0.2) is 4.79 Å². The molecule has 4 rings (SSSR count). The lowest BCUT2D eigenvalue weighted by Crippen LogP contribution is -2.44. The standard InChI is InChI=1S/C19H23BF3NO5/c1-16(2)17(3,4)29-20(28-16)10-6-12(19(21,22)23)14-13(7-10)27-15(25)24(14)11-8-18(5,26)9-11/h6-7,11,26H,8-9H2,1-5H3. The van der Waals surface area contributed by atoms with Gasteiger partial charge in [0.05, 0.1) is 22.4 Å². The van der Waals surface area contributed by atoms with E-state index in [1.54, 1.807) is 34.6 Å². The minimum absolute atomic E-state index is 0.130. The summed E-state index contributed by atoms with van der Waals surface area (Å²) in [5.41, 5.74) is -3.81. The lowest BCUT2D eigenvalue weighted by Gasteiger charge is -2.41. The number of oxazole rings is 1. The molecule has 1 N–H and O–H groups in total. The first-order valence-corrected chi connectivity index (χ1v) is 9.45. The zero-order valence-corrected chi connectivity index (χ0v) is 16.9. The Morgan fingerprint density at radius 3 is 2.14 bits per heavy atom. The molecule has 0 unspecified atom stereocenters. The van der Waals surface area contributed by atoms with Crippen molar-refractivity contribution in [1.29, 1.82) is 0 Å². The maximum Gasteiger partial charge on any atom is 0.494 e. The molecule has 1 aromatic carbocycles. The predicted octanol–water partition coefficient (Wildman–Crippen LogP) is 3.00. The van der Waals surface area contributed by atoms with Crippen LogP contribution in [-0.2, 0) is 15.5 Å². The number of rotatable bonds is 2. The molecule has 2 aliphatic rings. The Labute approximate surface area is 165 Å². The first-order valence-electron chi connectivity index (χ1n) is 9.45. The number of fused-ring (bicyclic) bond motifs is 1. The van der Waals surface area contributed by atoms with E-state index in [2.05, 4.69) is 0 Å². The highest BCUT2D eigenvalue weighted by molar-refractivity contribution is 6.62. The van der Waals surface area contributed by atoms with E-state index in [-0.39, 0.29) is 29.4 Å². The Balaban J connectivity index is 1.86. The van der Waals surface area contributed by atoms with E-state index in [1.807, 2.05) is 0 Å². The average molecular weight is 413 g/mol. The maximum absolute atomic E-state index is 13.9. The van der Waals surface area contributed by atoms with E-state index >= 15 is 0 Å². The third kappa shape index (κ3) is 3.21. The van der Waals surface area contributed by atoms with E-state index in [0.29, 0.717) is 0 Å². The van der Waals surface area contributed by atoms with Gasteiger partial charge < -0.3 is 18.8 Å². The number of hydrogen-bond donors (Lipinski definition) is 1. The number of aromatic nitrogens is 1. The topological polar surface area (TPSA) is 73.8 Å². The average Bonchev–Trinajstić information content (AvgIpc) is 2.95. The summed E-state index contributed by atoms with van der Waals surface area (Å²) >= 11 is 0. The van der Waals surface area contributed by atoms with Gasteiger partial charge in [-0.15, -0.1) is 0 Å². The summed E-state index contributed by atoms with van der Waals surface area (Å²) < 4.78 is 59.7. The summed E-state index contributed by atoms with van der Waals surface area (Å²) in [5, 5.41) is 9.96. The van der Waals surface area contributed by atoms with Crippen LogP contribution in [0.1, 0.15) is 59.1 Å². The minimum Gasteiger partial charge on any atom is -0.408 e. The van der Waals surface area contributed by atoms with Gasteiger partial charge in [-0.1, -0.05) is 0 Å². The molecule has 0 spiro atoms. The second kappa shape index (κ2) is 5.89. The SMILES string of the molecule is CC1(O)CC(n2c(=O)oc3cc(B4OC(C)(C)C(C)(C)O4)cc(C(F)(F)F)c32)C1. The van der Waals surface area contributed by atoms with Crippen molar-refractivity contribution in [2.45, 2.75) is 76.5 Å². The number of benzene rings is 1. The quantitative estimate of drug-likeness (QED) is 0.767. The molecule has 1 saturated heterocycles. The number of aliphatic hydroxyl groups is 1. The van der Waals surface area contributed by atoms with Crippen molar-refractivity contribution in [3.8, 4) is 0 Å². The first-order chi connectivity index (χ1) is 13.1. The van der Waals surface area contributed by atoms with Crippen molar-refractivity contribution in [1.82, 2.24) is 4.57 Å². The first kappa shape index (κ1) is 20.5. The van der Waals surface area contributed by atoms with Crippen molar-refractivity contribution >= 4 is 23.7 Å². The van der Waals surface area contributed by atoms with Gasteiger partial charge in [-0.05, 0) is 65.1 Å². The van der Waals surface area contributed by atoms with E-state index < -0.39 is 47.5 Å². The molecule has 0 amide bonds. The van der Waals surface area contributed by atoms with Crippen LogP contribution in [0.15, 0.2) is 21.3 Å². The Kier molecular flexibility index (Phi) is 4.16. The third-order valence-electron chi connectivity index (χ3n) is 6.28. The van der Waals surface area contributed by atoms with E-state index in [0.717, 1.165) is 10.6 Å². The molecule has 0 radical (unpaired) electrons. The molecule has 2 fully saturated rings. The second-order valence-corrected chi connectivity index (χ2v) is 9.30. The fourth-order valence-electron chi connectivity index (χ4n) is 3.99. The normalized spacial score (nSPS) is 28.7. The molecule has 1 aromatic heterocycles.